The molecule has 0 aliphatic heterocycles. The molecule has 0 fully saturated rings. The molecule has 0 saturated heterocycles. The summed E-state index contributed by atoms with van der Waals surface area (Å²) >= 11 is 6.04. The Hall–Kier alpha value is -2.73. The molecule has 1 amide bonds. The van der Waals surface area contributed by atoms with Crippen molar-refractivity contribution in [3.8, 4) is 11.5 Å². The molecule has 2 aromatic carbocycles. The average Bonchev–Trinajstić information content (AvgIpc) is 2.61. The molecule has 0 unspecified atom stereocenters. The van der Waals surface area contributed by atoms with Crippen LogP contribution in [0.2, 0.25) is 5.02 Å². The number of carbonyl (C=O) groups is 2. The number of rotatable bonds is 6. The fraction of sp³-hybridized carbons (Fsp3) is 0.222. The number of amides is 1. The lowest BCUT2D eigenvalue weighted by atomic mass is 10.2. The fourth-order valence-corrected chi connectivity index (χ4v) is 2.31. The topological polar surface area (TPSA) is 73.9 Å². The number of carbonyl (C=O) groups excluding carboxylic acids is 2. The standard InChI is InChI=1S/C18H18ClNO5/c1-11(18(22)24-3)25-14-7-4-12(5-8-14)17(21)20-13-6-9-16(23-2)15(19)10-13/h4-11H,1-3H3,(H,20,21)/t11-/m1/s1. The van der Waals surface area contributed by atoms with Gasteiger partial charge in [0.05, 0.1) is 19.2 Å². The molecule has 2 aromatic rings. The highest BCUT2D eigenvalue weighted by atomic mass is 35.5. The Morgan fingerprint density at radius 3 is 2.32 bits per heavy atom. The van der Waals surface area contributed by atoms with E-state index in [4.69, 9.17) is 21.1 Å². The molecule has 1 atom stereocenters. The van der Waals surface area contributed by atoms with Gasteiger partial charge in [-0.25, -0.2) is 4.79 Å². The summed E-state index contributed by atoms with van der Waals surface area (Å²) in [6, 6.07) is 11.4. The van der Waals surface area contributed by atoms with Gasteiger partial charge < -0.3 is 19.5 Å². The number of methoxy groups -OCH3 is 2. The van der Waals surface area contributed by atoms with Gasteiger partial charge in [-0.15, -0.1) is 0 Å². The maximum Gasteiger partial charge on any atom is 0.346 e. The zero-order chi connectivity index (χ0) is 18.4. The van der Waals surface area contributed by atoms with Crippen molar-refractivity contribution in [3.63, 3.8) is 0 Å². The molecule has 25 heavy (non-hydrogen) atoms. The van der Waals surface area contributed by atoms with E-state index in [1.165, 1.54) is 14.2 Å². The highest BCUT2D eigenvalue weighted by Gasteiger charge is 2.15. The van der Waals surface area contributed by atoms with Gasteiger partial charge in [-0.3, -0.25) is 4.79 Å². The Kier molecular flexibility index (Phi) is 6.25. The third-order valence-electron chi connectivity index (χ3n) is 3.37. The number of benzene rings is 2. The van der Waals surface area contributed by atoms with Gasteiger partial charge in [0.25, 0.3) is 5.91 Å². The molecule has 132 valence electrons. The van der Waals surface area contributed by atoms with Crippen molar-refractivity contribution in [3.05, 3.63) is 53.1 Å². The van der Waals surface area contributed by atoms with Crippen molar-refractivity contribution in [1.29, 1.82) is 0 Å². The number of hydrogen-bond donors (Lipinski definition) is 1. The van der Waals surface area contributed by atoms with Crippen LogP contribution in [0.25, 0.3) is 0 Å². The molecule has 0 saturated carbocycles. The van der Waals surface area contributed by atoms with E-state index in [0.717, 1.165) is 0 Å². The maximum absolute atomic E-state index is 12.3. The number of anilines is 1. The maximum atomic E-state index is 12.3. The summed E-state index contributed by atoms with van der Waals surface area (Å²) in [6.45, 7) is 1.58. The average molecular weight is 364 g/mol. The van der Waals surface area contributed by atoms with Crippen molar-refractivity contribution in [2.75, 3.05) is 19.5 Å². The third-order valence-corrected chi connectivity index (χ3v) is 3.67. The zero-order valence-corrected chi connectivity index (χ0v) is 14.8. The van der Waals surface area contributed by atoms with Gasteiger partial charge in [-0.2, -0.15) is 0 Å². The second-order valence-corrected chi connectivity index (χ2v) is 5.52. The zero-order valence-electron chi connectivity index (χ0n) is 14.0. The summed E-state index contributed by atoms with van der Waals surface area (Å²) in [4.78, 5) is 23.6. The Morgan fingerprint density at radius 1 is 1.08 bits per heavy atom. The molecule has 0 radical (unpaired) electrons. The Labute approximate surface area is 150 Å². The van der Waals surface area contributed by atoms with Gasteiger partial charge in [0.2, 0.25) is 0 Å². The molecule has 0 heterocycles. The molecular formula is C18H18ClNO5. The Bertz CT molecular complexity index is 761. The van der Waals surface area contributed by atoms with Crippen LogP contribution < -0.4 is 14.8 Å². The van der Waals surface area contributed by atoms with Crippen LogP contribution in [0.1, 0.15) is 17.3 Å². The summed E-state index contributed by atoms with van der Waals surface area (Å²) in [5.74, 6) is 0.217. The molecule has 0 aliphatic rings. The summed E-state index contributed by atoms with van der Waals surface area (Å²) in [5, 5.41) is 3.15. The van der Waals surface area contributed by atoms with Crippen LogP contribution in [0.4, 0.5) is 5.69 Å². The molecular weight excluding hydrogens is 346 g/mol. The monoisotopic (exact) mass is 363 g/mol. The minimum Gasteiger partial charge on any atom is -0.495 e. The van der Waals surface area contributed by atoms with Gasteiger partial charge in [-0.1, -0.05) is 11.6 Å². The number of nitrogens with one attached hydrogen (secondary N) is 1. The molecule has 7 heteroatoms. The smallest absolute Gasteiger partial charge is 0.346 e. The van der Waals surface area contributed by atoms with Crippen molar-refractivity contribution in [1.82, 2.24) is 0 Å². The molecule has 0 aliphatic carbocycles. The van der Waals surface area contributed by atoms with Crippen molar-refractivity contribution >= 4 is 29.2 Å². The molecule has 0 bridgehead atoms. The highest BCUT2D eigenvalue weighted by Crippen LogP contribution is 2.27. The molecule has 0 aromatic heterocycles. The van der Waals surface area contributed by atoms with E-state index in [1.54, 1.807) is 49.4 Å². The quantitative estimate of drug-likeness (QED) is 0.794. The number of esters is 1. The van der Waals surface area contributed by atoms with Crippen LogP contribution in [0.15, 0.2) is 42.5 Å². The normalized spacial score (nSPS) is 11.4. The minimum absolute atomic E-state index is 0.297. The molecule has 2 rings (SSSR count). The van der Waals surface area contributed by atoms with Crippen LogP contribution in [0, 0.1) is 0 Å². The van der Waals surface area contributed by atoms with Gasteiger partial charge >= 0.3 is 5.97 Å². The first-order chi connectivity index (χ1) is 11.9. The summed E-state index contributed by atoms with van der Waals surface area (Å²) in [5.41, 5.74) is 0.987. The Morgan fingerprint density at radius 2 is 1.76 bits per heavy atom. The van der Waals surface area contributed by atoms with Gasteiger partial charge in [0, 0.05) is 11.3 Å². The lowest BCUT2D eigenvalue weighted by Crippen LogP contribution is -2.24. The van der Waals surface area contributed by atoms with Gasteiger partial charge in [-0.05, 0) is 49.4 Å². The first kappa shape index (κ1) is 18.6. The summed E-state index contributed by atoms with van der Waals surface area (Å²) in [6.07, 6.45) is -0.730. The largest absolute Gasteiger partial charge is 0.495 e. The SMILES string of the molecule is COC(=O)[C@@H](C)Oc1ccc(C(=O)Nc2ccc(OC)c(Cl)c2)cc1. The third kappa shape index (κ3) is 4.87. The van der Waals surface area contributed by atoms with E-state index in [2.05, 4.69) is 10.1 Å². The first-order valence-electron chi connectivity index (χ1n) is 7.44. The van der Waals surface area contributed by atoms with Crippen LogP contribution in [0.5, 0.6) is 11.5 Å². The minimum atomic E-state index is -0.730. The van der Waals surface area contributed by atoms with Crippen LogP contribution in [0.3, 0.4) is 0 Å². The summed E-state index contributed by atoms with van der Waals surface area (Å²) in [7, 11) is 2.81. The molecule has 0 spiro atoms. The predicted molar refractivity (Wildman–Crippen MR) is 94.5 cm³/mol. The number of ether oxygens (including phenoxy) is 3. The van der Waals surface area contributed by atoms with E-state index < -0.39 is 12.1 Å². The van der Waals surface area contributed by atoms with Crippen LogP contribution in [-0.4, -0.2) is 32.2 Å². The summed E-state index contributed by atoms with van der Waals surface area (Å²) < 4.78 is 15.1. The number of hydrogen-bond acceptors (Lipinski definition) is 5. The van der Waals surface area contributed by atoms with Crippen molar-refractivity contribution in [2.45, 2.75) is 13.0 Å². The van der Waals surface area contributed by atoms with Crippen molar-refractivity contribution in [2.24, 2.45) is 0 Å². The van der Waals surface area contributed by atoms with Gasteiger partial charge in [0.15, 0.2) is 6.10 Å². The van der Waals surface area contributed by atoms with E-state index in [9.17, 15) is 9.59 Å². The lowest BCUT2D eigenvalue weighted by molar-refractivity contribution is -0.147. The van der Waals surface area contributed by atoms with E-state index in [0.29, 0.717) is 27.8 Å². The second kappa shape index (κ2) is 8.39. The molecule has 1 N–H and O–H groups in total. The number of halogens is 1. The Balaban J connectivity index is 2.03. The lowest BCUT2D eigenvalue weighted by Gasteiger charge is -2.12. The highest BCUT2D eigenvalue weighted by molar-refractivity contribution is 6.32. The predicted octanol–water partition coefficient (Wildman–Crippen LogP) is 3.54. The molecule has 6 nitrogen and oxygen atoms in total. The van der Waals surface area contributed by atoms with Crippen molar-refractivity contribution < 1.29 is 23.8 Å². The van der Waals surface area contributed by atoms with Crippen LogP contribution in [-0.2, 0) is 9.53 Å². The first-order valence-corrected chi connectivity index (χ1v) is 7.82. The fourth-order valence-electron chi connectivity index (χ4n) is 2.05. The van der Waals surface area contributed by atoms with E-state index in [1.807, 2.05) is 0 Å². The van der Waals surface area contributed by atoms with Gasteiger partial charge in [0.1, 0.15) is 11.5 Å². The van der Waals surface area contributed by atoms with E-state index in [-0.39, 0.29) is 5.91 Å². The second-order valence-electron chi connectivity index (χ2n) is 5.11. The van der Waals surface area contributed by atoms with Crippen LogP contribution >= 0.6 is 11.6 Å². The van der Waals surface area contributed by atoms with E-state index >= 15 is 0 Å².